The molecule has 0 radical (unpaired) electrons. The third-order valence-electron chi connectivity index (χ3n) is 5.73. The van der Waals surface area contributed by atoms with Crippen LogP contribution in [0.1, 0.15) is 28.4 Å². The van der Waals surface area contributed by atoms with E-state index in [1.165, 1.54) is 12.1 Å². The summed E-state index contributed by atoms with van der Waals surface area (Å²) in [6, 6.07) is 12.0. The second-order valence-corrected chi connectivity index (χ2v) is 8.53. The number of carbonyl (C=O) groups is 1. The zero-order valence-corrected chi connectivity index (χ0v) is 19.5. The molecule has 0 fully saturated rings. The molecule has 0 spiro atoms. The first-order valence-electron chi connectivity index (χ1n) is 11.3. The second-order valence-electron chi connectivity index (χ2n) is 8.53. The summed E-state index contributed by atoms with van der Waals surface area (Å²) in [6.45, 7) is 1.95. The van der Waals surface area contributed by atoms with Gasteiger partial charge in [-0.05, 0) is 61.7 Å². The van der Waals surface area contributed by atoms with E-state index >= 15 is 0 Å². The predicted octanol–water partition coefficient (Wildman–Crippen LogP) is 3.29. The Morgan fingerprint density at radius 1 is 1.26 bits per heavy atom. The third-order valence-corrected chi connectivity index (χ3v) is 5.73. The van der Waals surface area contributed by atoms with E-state index < -0.39 is 6.61 Å². The largest absolute Gasteiger partial charge is 0.435 e. The van der Waals surface area contributed by atoms with Crippen molar-refractivity contribution in [3.8, 4) is 5.75 Å². The summed E-state index contributed by atoms with van der Waals surface area (Å²) < 4.78 is 29.1. The number of alkyl halides is 2. The van der Waals surface area contributed by atoms with Gasteiger partial charge in [-0.25, -0.2) is 4.99 Å². The summed E-state index contributed by atoms with van der Waals surface area (Å²) in [5.74, 6) is 1.32. The fourth-order valence-corrected chi connectivity index (χ4v) is 3.95. The molecule has 10 heteroatoms. The molecule has 184 valence electrons. The van der Waals surface area contributed by atoms with Gasteiger partial charge in [0.05, 0.1) is 6.04 Å². The highest BCUT2D eigenvalue weighted by Gasteiger charge is 2.29. The number of carbonyl (C=O) groups excluding carboxylic acids is 1. The van der Waals surface area contributed by atoms with Crippen LogP contribution >= 0.6 is 0 Å². The Hall–Kier alpha value is -3.79. The summed E-state index contributed by atoms with van der Waals surface area (Å²) in [4.78, 5) is 23.8. The molecule has 0 bridgehead atoms. The monoisotopic (exact) mass is 482 g/mol. The molecule has 0 aliphatic carbocycles. The number of halogens is 2. The Bertz CT molecular complexity index is 1160. The van der Waals surface area contributed by atoms with Crippen LogP contribution in [-0.4, -0.2) is 54.3 Å². The molecule has 2 atom stereocenters. The number of anilines is 1. The molecule has 2 aliphatic heterocycles. The standard InChI is InChI=1S/C25H28F2N6O2/c1-15-11-18(5-8-21(15)24(34)30-16(2)13-28)31-22-23-32-19(14-33(23)10-9-29-22)12-17-3-6-20(7-4-17)35-25(26)27/h3-11,16,19,25H,12-14,28H2,1-2H3,(H,29,31)(H,30,34)/t16-,19?/m1/s1. The number of nitrogens with zero attached hydrogens (tertiary/aromatic N) is 3. The summed E-state index contributed by atoms with van der Waals surface area (Å²) in [5.41, 5.74) is 8.78. The molecule has 4 N–H and O–H groups in total. The first-order chi connectivity index (χ1) is 16.8. The lowest BCUT2D eigenvalue weighted by Crippen LogP contribution is -2.38. The molecule has 1 amide bonds. The number of rotatable bonds is 8. The van der Waals surface area contributed by atoms with Crippen molar-refractivity contribution in [1.29, 1.82) is 0 Å². The molecule has 1 unspecified atom stereocenters. The molecule has 2 heterocycles. The number of nitrogens with two attached hydrogens (primary N) is 1. The van der Waals surface area contributed by atoms with Crippen LogP contribution in [0, 0.1) is 6.92 Å². The van der Waals surface area contributed by atoms with Crippen molar-refractivity contribution in [2.75, 3.05) is 18.4 Å². The summed E-state index contributed by atoms with van der Waals surface area (Å²) in [6.07, 6.45) is 4.24. The van der Waals surface area contributed by atoms with Crippen molar-refractivity contribution < 1.29 is 18.3 Å². The summed E-state index contributed by atoms with van der Waals surface area (Å²) >= 11 is 0. The molecular formula is C25H28F2N6O2. The van der Waals surface area contributed by atoms with E-state index in [-0.39, 0.29) is 23.7 Å². The molecular weight excluding hydrogens is 454 g/mol. The Labute approximate surface area is 202 Å². The van der Waals surface area contributed by atoms with Gasteiger partial charge in [0.2, 0.25) is 0 Å². The molecule has 2 aromatic rings. The van der Waals surface area contributed by atoms with Crippen molar-refractivity contribution in [3.63, 3.8) is 0 Å². The van der Waals surface area contributed by atoms with Gasteiger partial charge in [-0.1, -0.05) is 12.1 Å². The van der Waals surface area contributed by atoms with Gasteiger partial charge in [0, 0.05) is 42.8 Å². The van der Waals surface area contributed by atoms with Gasteiger partial charge in [0.15, 0.2) is 11.7 Å². The van der Waals surface area contributed by atoms with Crippen LogP contribution in [0.3, 0.4) is 0 Å². The van der Waals surface area contributed by atoms with Crippen molar-refractivity contribution >= 4 is 23.3 Å². The Balaban J connectivity index is 1.42. The van der Waals surface area contributed by atoms with E-state index in [0.29, 0.717) is 30.9 Å². The number of nitrogens with one attached hydrogen (secondary N) is 2. The maximum absolute atomic E-state index is 12.5. The maximum atomic E-state index is 12.5. The van der Waals surface area contributed by atoms with Gasteiger partial charge >= 0.3 is 6.61 Å². The minimum atomic E-state index is -2.84. The van der Waals surface area contributed by atoms with Crippen LogP contribution in [0.4, 0.5) is 14.5 Å². The smallest absolute Gasteiger partial charge is 0.387 e. The zero-order chi connectivity index (χ0) is 24.9. The Kier molecular flexibility index (Phi) is 7.40. The molecule has 35 heavy (non-hydrogen) atoms. The topological polar surface area (TPSA) is 104 Å². The normalized spacial score (nSPS) is 17.5. The van der Waals surface area contributed by atoms with Gasteiger partial charge in [-0.2, -0.15) is 8.78 Å². The fraction of sp³-hybridized carbons (Fsp3) is 0.320. The van der Waals surface area contributed by atoms with Crippen LogP contribution in [0.15, 0.2) is 64.8 Å². The first-order valence-corrected chi connectivity index (χ1v) is 11.3. The molecule has 0 saturated carbocycles. The SMILES string of the molecule is Cc1cc(NC2=NC=CN3CC(Cc4ccc(OC(F)F)cc4)N=C23)ccc1C(=O)N[C@H](C)CN. The number of amides is 1. The van der Waals surface area contributed by atoms with Crippen LogP contribution in [-0.2, 0) is 6.42 Å². The van der Waals surface area contributed by atoms with Crippen LogP contribution in [0.2, 0.25) is 0 Å². The number of aryl methyl sites for hydroxylation is 1. The van der Waals surface area contributed by atoms with Crippen molar-refractivity contribution in [3.05, 3.63) is 71.6 Å². The molecule has 0 saturated heterocycles. The predicted molar refractivity (Wildman–Crippen MR) is 132 cm³/mol. The highest BCUT2D eigenvalue weighted by Crippen LogP contribution is 2.22. The number of amidine groups is 2. The quantitative estimate of drug-likeness (QED) is 0.536. The van der Waals surface area contributed by atoms with Gasteiger partial charge in [0.1, 0.15) is 5.75 Å². The summed E-state index contributed by atoms with van der Waals surface area (Å²) in [7, 11) is 0. The number of fused-ring (bicyclic) bond motifs is 1. The van der Waals surface area contributed by atoms with Crippen molar-refractivity contribution in [1.82, 2.24) is 10.2 Å². The van der Waals surface area contributed by atoms with Gasteiger partial charge in [-0.15, -0.1) is 0 Å². The second kappa shape index (κ2) is 10.6. The van der Waals surface area contributed by atoms with Crippen LogP contribution in [0.5, 0.6) is 5.75 Å². The number of benzene rings is 2. The lowest BCUT2D eigenvalue weighted by molar-refractivity contribution is -0.0498. The van der Waals surface area contributed by atoms with E-state index in [4.69, 9.17) is 10.7 Å². The number of ether oxygens (including phenoxy) is 1. The molecule has 0 aromatic heterocycles. The van der Waals surface area contributed by atoms with Crippen molar-refractivity contribution in [2.24, 2.45) is 15.7 Å². The van der Waals surface area contributed by atoms with E-state index in [0.717, 1.165) is 22.6 Å². The van der Waals surface area contributed by atoms with Gasteiger partial charge in [0.25, 0.3) is 5.91 Å². The van der Waals surface area contributed by atoms with E-state index in [2.05, 4.69) is 20.4 Å². The molecule has 8 nitrogen and oxygen atoms in total. The lowest BCUT2D eigenvalue weighted by atomic mass is 10.1. The Morgan fingerprint density at radius 2 is 2.03 bits per heavy atom. The van der Waals surface area contributed by atoms with Crippen molar-refractivity contribution in [2.45, 2.75) is 39.0 Å². The number of hydrogen-bond donors (Lipinski definition) is 3. The molecule has 4 rings (SSSR count). The molecule has 2 aliphatic rings. The average molecular weight is 483 g/mol. The number of hydrogen-bond acceptors (Lipinski definition) is 7. The van der Waals surface area contributed by atoms with Gasteiger partial charge in [-0.3, -0.25) is 9.79 Å². The summed E-state index contributed by atoms with van der Waals surface area (Å²) in [5, 5.41) is 6.18. The number of aliphatic imine (C=N–C) groups is 2. The average Bonchev–Trinajstić information content (AvgIpc) is 3.23. The van der Waals surface area contributed by atoms with E-state index in [1.54, 1.807) is 24.4 Å². The third kappa shape index (κ3) is 6.02. The van der Waals surface area contributed by atoms with Gasteiger partial charge < -0.3 is 26.0 Å². The molecule has 2 aromatic carbocycles. The fourth-order valence-electron chi connectivity index (χ4n) is 3.95. The lowest BCUT2D eigenvalue weighted by Gasteiger charge is -2.21. The Morgan fingerprint density at radius 3 is 2.71 bits per heavy atom. The van der Waals surface area contributed by atoms with E-state index in [9.17, 15) is 13.6 Å². The van der Waals surface area contributed by atoms with E-state index in [1.807, 2.05) is 37.1 Å². The minimum absolute atomic E-state index is 0.0149. The minimum Gasteiger partial charge on any atom is -0.435 e. The van der Waals surface area contributed by atoms with Crippen LogP contribution in [0.25, 0.3) is 0 Å². The highest BCUT2D eigenvalue weighted by atomic mass is 19.3. The van der Waals surface area contributed by atoms with Crippen LogP contribution < -0.4 is 21.1 Å². The zero-order valence-electron chi connectivity index (χ0n) is 19.5. The first kappa shape index (κ1) is 24.3. The highest BCUT2D eigenvalue weighted by molar-refractivity contribution is 6.45. The maximum Gasteiger partial charge on any atom is 0.387 e.